The standard InChI is InChI=1S/C20H36N4O2S.HI/c1-6-21-19(22-15-20(11-12-25-4)9-7-8-10-20)24(3)13-17-14-27-18(23-17)16(2)26-5;/h14,16H,6-13,15H2,1-5H3,(H,21,22);1H. The lowest BCUT2D eigenvalue weighted by Crippen LogP contribution is -2.39. The van der Waals surface area contributed by atoms with Crippen molar-refractivity contribution in [1.82, 2.24) is 15.2 Å². The minimum absolute atomic E-state index is 0. The molecule has 0 spiro atoms. The number of hydrogen-bond donors (Lipinski definition) is 1. The maximum Gasteiger partial charge on any atom is 0.194 e. The van der Waals surface area contributed by atoms with Crippen molar-refractivity contribution >= 4 is 41.3 Å². The number of aliphatic imine (C=N–C) groups is 1. The van der Waals surface area contributed by atoms with Crippen molar-refractivity contribution in [1.29, 1.82) is 0 Å². The van der Waals surface area contributed by atoms with Gasteiger partial charge in [-0.15, -0.1) is 35.3 Å². The highest BCUT2D eigenvalue weighted by Gasteiger charge is 2.33. The van der Waals surface area contributed by atoms with Crippen molar-refractivity contribution < 1.29 is 9.47 Å². The highest BCUT2D eigenvalue weighted by molar-refractivity contribution is 14.0. The van der Waals surface area contributed by atoms with Crippen LogP contribution < -0.4 is 5.32 Å². The fraction of sp³-hybridized carbons (Fsp3) is 0.800. The zero-order valence-electron chi connectivity index (χ0n) is 18.0. The molecule has 6 nitrogen and oxygen atoms in total. The Labute approximate surface area is 191 Å². The number of nitrogens with one attached hydrogen (secondary N) is 1. The SMILES string of the molecule is CCNC(=NCC1(CCOC)CCCC1)N(C)Cc1csc(C(C)OC)n1.I. The molecule has 0 saturated heterocycles. The molecule has 162 valence electrons. The third-order valence-corrected chi connectivity index (χ3v) is 6.49. The first kappa shape index (κ1) is 25.6. The predicted octanol–water partition coefficient (Wildman–Crippen LogP) is 4.46. The lowest BCUT2D eigenvalue weighted by atomic mass is 9.83. The van der Waals surface area contributed by atoms with Gasteiger partial charge in [0.15, 0.2) is 5.96 Å². The van der Waals surface area contributed by atoms with Gasteiger partial charge in [0, 0.05) is 46.3 Å². The van der Waals surface area contributed by atoms with Crippen LogP contribution in [0.5, 0.6) is 0 Å². The fourth-order valence-corrected chi connectivity index (χ4v) is 4.49. The zero-order chi connectivity index (χ0) is 19.7. The zero-order valence-corrected chi connectivity index (χ0v) is 21.1. The number of thiazole rings is 1. The molecule has 0 aromatic carbocycles. The number of ether oxygens (including phenoxy) is 2. The van der Waals surface area contributed by atoms with E-state index in [0.29, 0.717) is 5.41 Å². The molecule has 1 N–H and O–H groups in total. The molecule has 1 aliphatic rings. The normalized spacial score (nSPS) is 17.2. The van der Waals surface area contributed by atoms with Crippen molar-refractivity contribution in [3.63, 3.8) is 0 Å². The number of guanidine groups is 1. The maximum atomic E-state index is 5.37. The van der Waals surface area contributed by atoms with Crippen LogP contribution in [0.3, 0.4) is 0 Å². The van der Waals surface area contributed by atoms with Crippen molar-refractivity contribution in [2.75, 3.05) is 41.0 Å². The van der Waals surface area contributed by atoms with Gasteiger partial charge in [-0.3, -0.25) is 4.99 Å². The molecule has 1 unspecified atom stereocenters. The van der Waals surface area contributed by atoms with Crippen LogP contribution in [0.25, 0.3) is 0 Å². The molecular formula is C20H37IN4O2S. The Hall–Kier alpha value is -0.450. The molecule has 0 amide bonds. The molecule has 1 atom stereocenters. The fourth-order valence-electron chi connectivity index (χ4n) is 3.64. The first-order chi connectivity index (χ1) is 13.0. The topological polar surface area (TPSA) is 59.0 Å². The van der Waals surface area contributed by atoms with Crippen molar-refractivity contribution in [2.24, 2.45) is 10.4 Å². The van der Waals surface area contributed by atoms with Crippen LogP contribution in [0, 0.1) is 5.41 Å². The number of rotatable bonds is 10. The smallest absolute Gasteiger partial charge is 0.194 e. The first-order valence-corrected chi connectivity index (χ1v) is 10.9. The summed E-state index contributed by atoms with van der Waals surface area (Å²) in [6, 6.07) is 0. The van der Waals surface area contributed by atoms with Crippen LogP contribution in [0.15, 0.2) is 10.4 Å². The van der Waals surface area contributed by atoms with E-state index in [1.54, 1.807) is 25.6 Å². The van der Waals surface area contributed by atoms with E-state index in [2.05, 4.69) is 29.6 Å². The number of halogens is 1. The number of methoxy groups -OCH3 is 2. The molecule has 0 aliphatic heterocycles. The number of nitrogens with zero attached hydrogens (tertiary/aromatic N) is 3. The summed E-state index contributed by atoms with van der Waals surface area (Å²) in [5.74, 6) is 0.954. The van der Waals surface area contributed by atoms with Crippen molar-refractivity contribution in [3.05, 3.63) is 16.1 Å². The monoisotopic (exact) mass is 524 g/mol. The summed E-state index contributed by atoms with van der Waals surface area (Å²) in [7, 11) is 5.59. The van der Waals surface area contributed by atoms with Crippen LogP contribution in [0.1, 0.15) is 62.8 Å². The van der Waals surface area contributed by atoms with Crippen molar-refractivity contribution in [2.45, 2.75) is 58.6 Å². The van der Waals surface area contributed by atoms with Gasteiger partial charge in [0.05, 0.1) is 12.2 Å². The van der Waals surface area contributed by atoms with E-state index in [1.165, 1.54) is 25.7 Å². The molecule has 8 heteroatoms. The van der Waals surface area contributed by atoms with E-state index in [-0.39, 0.29) is 30.1 Å². The lowest BCUT2D eigenvalue weighted by Gasteiger charge is -2.28. The number of hydrogen-bond acceptors (Lipinski definition) is 5. The van der Waals surface area contributed by atoms with E-state index in [9.17, 15) is 0 Å². The quantitative estimate of drug-likeness (QED) is 0.278. The van der Waals surface area contributed by atoms with E-state index in [4.69, 9.17) is 19.5 Å². The van der Waals surface area contributed by atoms with E-state index in [0.717, 1.165) is 49.3 Å². The lowest BCUT2D eigenvalue weighted by molar-refractivity contribution is 0.119. The van der Waals surface area contributed by atoms with Gasteiger partial charge in [-0.2, -0.15) is 0 Å². The molecule has 0 radical (unpaired) electrons. The Balaban J connectivity index is 0.00000392. The second kappa shape index (κ2) is 13.0. The molecule has 1 aromatic heterocycles. The Kier molecular flexibility index (Phi) is 11.9. The highest BCUT2D eigenvalue weighted by Crippen LogP contribution is 2.41. The summed E-state index contributed by atoms with van der Waals surface area (Å²) in [6.45, 7) is 7.42. The van der Waals surface area contributed by atoms with Gasteiger partial charge >= 0.3 is 0 Å². The number of aromatic nitrogens is 1. The molecule has 28 heavy (non-hydrogen) atoms. The van der Waals surface area contributed by atoms with Gasteiger partial charge in [-0.1, -0.05) is 12.8 Å². The second-order valence-corrected chi connectivity index (χ2v) is 8.42. The van der Waals surface area contributed by atoms with E-state index >= 15 is 0 Å². The van der Waals surface area contributed by atoms with Crippen LogP contribution in [0.4, 0.5) is 0 Å². The molecular weight excluding hydrogens is 487 g/mol. The predicted molar refractivity (Wildman–Crippen MR) is 128 cm³/mol. The largest absolute Gasteiger partial charge is 0.385 e. The maximum absolute atomic E-state index is 5.37. The molecule has 2 rings (SSSR count). The average Bonchev–Trinajstić information content (AvgIpc) is 3.33. The van der Waals surface area contributed by atoms with Gasteiger partial charge in [0.2, 0.25) is 0 Å². The summed E-state index contributed by atoms with van der Waals surface area (Å²) in [5.41, 5.74) is 1.36. The highest BCUT2D eigenvalue weighted by atomic mass is 127. The van der Waals surface area contributed by atoms with Gasteiger partial charge in [0.1, 0.15) is 11.1 Å². The average molecular weight is 525 g/mol. The minimum Gasteiger partial charge on any atom is -0.385 e. The van der Waals surface area contributed by atoms with E-state index in [1.807, 2.05) is 6.92 Å². The van der Waals surface area contributed by atoms with Gasteiger partial charge in [-0.05, 0) is 38.5 Å². The molecule has 1 fully saturated rings. The summed E-state index contributed by atoms with van der Waals surface area (Å²) in [5, 5.41) is 6.57. The van der Waals surface area contributed by atoms with Gasteiger partial charge < -0.3 is 19.7 Å². The first-order valence-electron chi connectivity index (χ1n) is 9.99. The molecule has 1 heterocycles. The summed E-state index contributed by atoms with van der Waals surface area (Å²) in [6.07, 6.45) is 6.27. The third-order valence-electron chi connectivity index (χ3n) is 5.43. The molecule has 0 bridgehead atoms. The third kappa shape index (κ3) is 7.42. The Bertz CT molecular complexity index is 591. The summed E-state index contributed by atoms with van der Waals surface area (Å²) in [4.78, 5) is 11.9. The van der Waals surface area contributed by atoms with Crippen LogP contribution in [0.2, 0.25) is 0 Å². The van der Waals surface area contributed by atoms with Crippen LogP contribution in [-0.2, 0) is 16.0 Å². The second-order valence-electron chi connectivity index (χ2n) is 7.53. The summed E-state index contributed by atoms with van der Waals surface area (Å²) < 4.78 is 10.7. The Morgan fingerprint density at radius 1 is 1.39 bits per heavy atom. The molecule has 1 saturated carbocycles. The molecule has 1 aliphatic carbocycles. The van der Waals surface area contributed by atoms with E-state index < -0.39 is 0 Å². The molecule has 1 aromatic rings. The van der Waals surface area contributed by atoms with Crippen LogP contribution in [-0.4, -0.2) is 56.8 Å². The minimum atomic E-state index is 0. The Morgan fingerprint density at radius 3 is 2.71 bits per heavy atom. The van der Waals surface area contributed by atoms with Crippen LogP contribution >= 0.6 is 35.3 Å². The van der Waals surface area contributed by atoms with Crippen molar-refractivity contribution in [3.8, 4) is 0 Å². The van der Waals surface area contributed by atoms with Gasteiger partial charge in [0.25, 0.3) is 0 Å². The summed E-state index contributed by atoms with van der Waals surface area (Å²) >= 11 is 1.65. The van der Waals surface area contributed by atoms with Gasteiger partial charge in [-0.25, -0.2) is 4.98 Å². The Morgan fingerprint density at radius 2 is 2.11 bits per heavy atom.